The molecule has 0 spiro atoms. The van der Waals surface area contributed by atoms with E-state index in [1.807, 2.05) is 0 Å². The lowest BCUT2D eigenvalue weighted by molar-refractivity contribution is 0.212. The maximum atomic E-state index is 14.9. The van der Waals surface area contributed by atoms with Crippen LogP contribution in [0.1, 0.15) is 29.9 Å². The van der Waals surface area contributed by atoms with Crippen LogP contribution in [0, 0.1) is 12.7 Å². The first-order valence-corrected chi connectivity index (χ1v) is 8.50. The summed E-state index contributed by atoms with van der Waals surface area (Å²) >= 11 is 0. The molecule has 3 N–H and O–H groups in total. The first-order valence-electron chi connectivity index (χ1n) is 8.50. The summed E-state index contributed by atoms with van der Waals surface area (Å²) in [5.74, 6) is -0.436. The summed E-state index contributed by atoms with van der Waals surface area (Å²) in [5, 5.41) is 3.90. The molecule has 0 radical (unpaired) electrons. The van der Waals surface area contributed by atoms with E-state index in [4.69, 9.17) is 10.6 Å². The monoisotopic (exact) mass is 361 g/mol. The SMILES string of the molecule is CON=C1CN(c2c(F)cn3c(=O)[nH]c(=O)c(C4CC4)c3c2C)CC1N. The Morgan fingerprint density at radius 2 is 2.12 bits per heavy atom. The number of H-pyrrole nitrogens is 1. The zero-order valence-corrected chi connectivity index (χ0v) is 14.6. The molecule has 0 amide bonds. The number of nitrogens with one attached hydrogen (secondary N) is 1. The minimum Gasteiger partial charge on any atom is -0.399 e. The normalized spacial score (nSPS) is 21.8. The maximum absolute atomic E-state index is 14.9. The number of halogens is 1. The number of aryl methyl sites for hydroxylation is 1. The standard InChI is InChI=1S/C17H20FN5O3/c1-8-14(22-6-11(19)12(7-22)21-26-2)10(18)5-23-15(8)13(9-3-4-9)16(24)20-17(23)25/h5,9,11H,3-4,6-7,19H2,1-2H3,(H,20,24,25). The molecule has 1 saturated carbocycles. The highest BCUT2D eigenvalue weighted by atomic mass is 19.1. The van der Waals surface area contributed by atoms with Crippen LogP contribution >= 0.6 is 0 Å². The molecular formula is C17H20FN5O3. The number of oxime groups is 1. The molecule has 138 valence electrons. The topological polar surface area (TPSA) is 105 Å². The highest BCUT2D eigenvalue weighted by Gasteiger charge is 2.33. The van der Waals surface area contributed by atoms with Gasteiger partial charge in [-0.05, 0) is 25.7 Å². The van der Waals surface area contributed by atoms with E-state index in [1.54, 1.807) is 11.8 Å². The zero-order valence-electron chi connectivity index (χ0n) is 14.6. The van der Waals surface area contributed by atoms with Crippen LogP contribution in [0.4, 0.5) is 10.1 Å². The Morgan fingerprint density at radius 3 is 2.77 bits per heavy atom. The lowest BCUT2D eigenvalue weighted by atomic mass is 10.1. The van der Waals surface area contributed by atoms with E-state index in [2.05, 4.69) is 10.1 Å². The lowest BCUT2D eigenvalue weighted by Crippen LogP contribution is -2.32. The van der Waals surface area contributed by atoms with Gasteiger partial charge >= 0.3 is 5.69 Å². The number of anilines is 1. The summed E-state index contributed by atoms with van der Waals surface area (Å²) in [6, 6.07) is -0.366. The Balaban J connectivity index is 1.95. The van der Waals surface area contributed by atoms with Crippen molar-refractivity contribution in [2.45, 2.75) is 31.7 Å². The summed E-state index contributed by atoms with van der Waals surface area (Å²) < 4.78 is 16.1. The van der Waals surface area contributed by atoms with Crippen molar-refractivity contribution in [3.05, 3.63) is 44.0 Å². The minimum absolute atomic E-state index is 0.109. The van der Waals surface area contributed by atoms with Gasteiger partial charge in [-0.15, -0.1) is 0 Å². The smallest absolute Gasteiger partial charge is 0.333 e. The molecule has 4 rings (SSSR count). The second-order valence-electron chi connectivity index (χ2n) is 6.87. The molecule has 26 heavy (non-hydrogen) atoms. The molecule has 2 aromatic heterocycles. The van der Waals surface area contributed by atoms with Crippen molar-refractivity contribution in [2.75, 3.05) is 25.1 Å². The number of rotatable bonds is 3. The third-order valence-electron chi connectivity index (χ3n) is 5.07. The van der Waals surface area contributed by atoms with Gasteiger partial charge < -0.3 is 15.5 Å². The summed E-state index contributed by atoms with van der Waals surface area (Å²) in [4.78, 5) is 33.4. The predicted molar refractivity (Wildman–Crippen MR) is 95.6 cm³/mol. The van der Waals surface area contributed by atoms with Crippen LogP contribution < -0.4 is 21.9 Å². The molecule has 0 aromatic carbocycles. The Morgan fingerprint density at radius 1 is 1.38 bits per heavy atom. The zero-order chi connectivity index (χ0) is 18.6. The van der Waals surface area contributed by atoms with Gasteiger partial charge in [0.25, 0.3) is 5.56 Å². The van der Waals surface area contributed by atoms with E-state index in [9.17, 15) is 14.0 Å². The molecule has 2 aromatic rings. The molecule has 1 atom stereocenters. The van der Waals surface area contributed by atoms with Crippen LogP contribution in [0.25, 0.3) is 5.52 Å². The third kappa shape index (κ3) is 2.50. The van der Waals surface area contributed by atoms with Crippen molar-refractivity contribution in [3.8, 4) is 0 Å². The first-order chi connectivity index (χ1) is 12.4. The van der Waals surface area contributed by atoms with Crippen molar-refractivity contribution < 1.29 is 9.23 Å². The van der Waals surface area contributed by atoms with Gasteiger partial charge in [-0.2, -0.15) is 0 Å². The molecular weight excluding hydrogens is 341 g/mol. The van der Waals surface area contributed by atoms with Gasteiger partial charge in [0.2, 0.25) is 0 Å². The average Bonchev–Trinajstić information content (AvgIpc) is 3.34. The van der Waals surface area contributed by atoms with E-state index < -0.39 is 17.1 Å². The fourth-order valence-electron chi connectivity index (χ4n) is 3.78. The van der Waals surface area contributed by atoms with Crippen molar-refractivity contribution >= 4 is 16.9 Å². The minimum atomic E-state index is -0.636. The molecule has 8 nitrogen and oxygen atoms in total. The van der Waals surface area contributed by atoms with Gasteiger partial charge in [0.05, 0.1) is 35.7 Å². The van der Waals surface area contributed by atoms with E-state index in [-0.39, 0.29) is 12.0 Å². The first kappa shape index (κ1) is 16.8. The van der Waals surface area contributed by atoms with E-state index >= 15 is 0 Å². The van der Waals surface area contributed by atoms with Crippen molar-refractivity contribution in [1.82, 2.24) is 9.38 Å². The molecule has 1 aliphatic carbocycles. The number of hydrogen-bond donors (Lipinski definition) is 2. The van der Waals surface area contributed by atoms with Gasteiger partial charge in [-0.1, -0.05) is 5.16 Å². The second kappa shape index (κ2) is 5.94. The molecule has 2 fully saturated rings. The average molecular weight is 361 g/mol. The highest BCUT2D eigenvalue weighted by Crippen LogP contribution is 2.41. The quantitative estimate of drug-likeness (QED) is 0.773. The Hall–Kier alpha value is -2.68. The van der Waals surface area contributed by atoms with E-state index in [0.29, 0.717) is 41.1 Å². The largest absolute Gasteiger partial charge is 0.399 e. The van der Waals surface area contributed by atoms with Crippen LogP contribution in [0.2, 0.25) is 0 Å². The van der Waals surface area contributed by atoms with Gasteiger partial charge in [-0.3, -0.25) is 14.2 Å². The summed E-state index contributed by atoms with van der Waals surface area (Å²) in [5.41, 5.74) is 7.59. The Labute approximate surface area is 148 Å². The fraction of sp³-hybridized carbons (Fsp3) is 0.471. The van der Waals surface area contributed by atoms with E-state index in [1.165, 1.54) is 11.5 Å². The number of aromatic amines is 1. The number of aromatic nitrogens is 2. The second-order valence-corrected chi connectivity index (χ2v) is 6.87. The highest BCUT2D eigenvalue weighted by molar-refractivity contribution is 5.97. The fourth-order valence-corrected chi connectivity index (χ4v) is 3.78. The van der Waals surface area contributed by atoms with Gasteiger partial charge in [0.1, 0.15) is 7.11 Å². The molecule has 9 heteroatoms. The van der Waals surface area contributed by atoms with Crippen LogP contribution in [-0.4, -0.2) is 41.3 Å². The number of nitrogens with zero attached hydrogens (tertiary/aromatic N) is 3. The Bertz CT molecular complexity index is 1040. The Kier molecular flexibility index (Phi) is 3.83. The molecule has 1 saturated heterocycles. The number of fused-ring (bicyclic) bond motifs is 1. The van der Waals surface area contributed by atoms with Gasteiger partial charge in [-0.25, -0.2) is 9.18 Å². The van der Waals surface area contributed by atoms with Gasteiger partial charge in [0, 0.05) is 17.7 Å². The van der Waals surface area contributed by atoms with Crippen LogP contribution in [-0.2, 0) is 4.84 Å². The summed E-state index contributed by atoms with van der Waals surface area (Å²) in [6.07, 6.45) is 2.92. The molecule has 0 bridgehead atoms. The number of hydrogen-bond acceptors (Lipinski definition) is 6. The third-order valence-corrected chi connectivity index (χ3v) is 5.07. The number of nitrogens with two attached hydrogens (primary N) is 1. The number of pyridine rings is 1. The maximum Gasteiger partial charge on any atom is 0.333 e. The van der Waals surface area contributed by atoms with Crippen molar-refractivity contribution in [3.63, 3.8) is 0 Å². The predicted octanol–water partition coefficient (Wildman–Crippen LogP) is 0.462. The molecule has 2 aliphatic rings. The summed E-state index contributed by atoms with van der Waals surface area (Å²) in [7, 11) is 1.44. The van der Waals surface area contributed by atoms with Crippen LogP contribution in [0.5, 0.6) is 0 Å². The molecule has 1 unspecified atom stereocenters. The van der Waals surface area contributed by atoms with Crippen molar-refractivity contribution in [1.29, 1.82) is 0 Å². The summed E-state index contributed by atoms with van der Waals surface area (Å²) in [6.45, 7) is 2.44. The molecule has 3 heterocycles. The lowest BCUT2D eigenvalue weighted by Gasteiger charge is -2.22. The van der Waals surface area contributed by atoms with Crippen LogP contribution in [0.15, 0.2) is 20.9 Å². The van der Waals surface area contributed by atoms with E-state index in [0.717, 1.165) is 19.0 Å². The molecule has 1 aliphatic heterocycles. The van der Waals surface area contributed by atoms with Crippen molar-refractivity contribution in [2.24, 2.45) is 10.9 Å². The van der Waals surface area contributed by atoms with Gasteiger partial charge in [0.15, 0.2) is 5.82 Å². The van der Waals surface area contributed by atoms with Crippen LogP contribution in [0.3, 0.4) is 0 Å².